The molecule has 8 N–H and O–H groups in total. The fraction of sp³-hybridized carbons (Fsp3) is 0.455. The van der Waals surface area contributed by atoms with Gasteiger partial charge in [-0.25, -0.2) is 33.3 Å². The van der Waals surface area contributed by atoms with Gasteiger partial charge in [0, 0.05) is 19.0 Å². The number of nitrogen functional groups attached to an aromatic ring is 1. The van der Waals surface area contributed by atoms with Gasteiger partial charge >= 0.3 is 35.1 Å². The molecule has 0 spiro atoms. The molecule has 1 aliphatic rings. The molecule has 26 nitrogen and oxygen atoms in total. The molecule has 2 unspecified atom stereocenters. The van der Waals surface area contributed by atoms with Gasteiger partial charge in [0.15, 0.2) is 29.3 Å². The predicted octanol–water partition coefficient (Wildman–Crippen LogP) is 1.04. The van der Waals surface area contributed by atoms with Crippen LogP contribution in [0.4, 0.5) is 17.2 Å². The summed E-state index contributed by atoms with van der Waals surface area (Å²) >= 11 is 0. The zero-order valence-corrected chi connectivity index (χ0v) is 28.2. The molecule has 51 heavy (non-hydrogen) atoms. The number of fused-ring (bicyclic) bond motifs is 2. The quantitative estimate of drug-likeness (QED) is 0.0258. The van der Waals surface area contributed by atoms with Gasteiger partial charge in [-0.15, -0.1) is 0 Å². The number of benzene rings is 1. The summed E-state index contributed by atoms with van der Waals surface area (Å²) in [5.74, 6) is -0.793. The number of nitrogens with zero attached hydrogens (tertiary/aromatic N) is 7. The first kappa shape index (κ1) is 38.2. The molecule has 0 radical (unpaired) electrons. The summed E-state index contributed by atoms with van der Waals surface area (Å²) in [4.78, 5) is 72.1. The summed E-state index contributed by atoms with van der Waals surface area (Å²) < 4.78 is 63.9. The van der Waals surface area contributed by atoms with Crippen molar-refractivity contribution in [1.82, 2.24) is 29.8 Å². The number of nitrogens with one attached hydrogen (secondary N) is 1. The molecule has 29 heteroatoms. The molecule has 1 fully saturated rings. The highest BCUT2D eigenvalue weighted by Crippen LogP contribution is 2.66. The average molecular weight is 783 g/mol. The van der Waals surface area contributed by atoms with Gasteiger partial charge in [-0.2, -0.15) is 8.62 Å². The lowest BCUT2D eigenvalue weighted by atomic mass is 10.1. The van der Waals surface area contributed by atoms with Gasteiger partial charge in [-0.3, -0.25) is 24.0 Å². The van der Waals surface area contributed by atoms with Gasteiger partial charge in [0.1, 0.15) is 24.1 Å². The third-order valence-electron chi connectivity index (χ3n) is 7.02. The van der Waals surface area contributed by atoms with E-state index in [1.54, 1.807) is 0 Å². The number of anilines is 2. The number of non-ortho nitro benzene ring substituents is 1. The highest BCUT2D eigenvalue weighted by atomic mass is 31.3. The van der Waals surface area contributed by atoms with E-state index in [1.807, 2.05) is 0 Å². The van der Waals surface area contributed by atoms with Crippen LogP contribution in [0.1, 0.15) is 31.9 Å². The summed E-state index contributed by atoms with van der Waals surface area (Å²) in [6.07, 6.45) is -2.69. The Balaban J connectivity index is 1.19. The number of nitro groups is 1. The number of aliphatic hydroxyl groups excluding tert-OH is 1. The molecule has 1 saturated heterocycles. The van der Waals surface area contributed by atoms with Crippen molar-refractivity contribution in [2.45, 2.75) is 50.2 Å². The first-order valence-corrected chi connectivity index (χ1v) is 18.8. The Morgan fingerprint density at radius 2 is 1.76 bits per heavy atom. The molecule has 0 saturated carbocycles. The zero-order chi connectivity index (χ0) is 37.1. The smallest absolute Gasteiger partial charge is 0.455 e. The maximum absolute atomic E-state index is 12.9. The van der Waals surface area contributed by atoms with E-state index in [-0.39, 0.29) is 40.1 Å². The maximum Gasteiger partial charge on any atom is 0.490 e. The molecular formula is C22H28N9O17P3. The van der Waals surface area contributed by atoms with Crippen LogP contribution in [0.3, 0.4) is 0 Å². The third kappa shape index (κ3) is 9.45. The Kier molecular flexibility index (Phi) is 11.5. The van der Waals surface area contributed by atoms with E-state index >= 15 is 0 Å². The van der Waals surface area contributed by atoms with Crippen molar-refractivity contribution in [3.63, 3.8) is 0 Å². The minimum atomic E-state index is -5.82. The zero-order valence-electron chi connectivity index (χ0n) is 25.5. The van der Waals surface area contributed by atoms with Crippen LogP contribution in [0.2, 0.25) is 0 Å². The van der Waals surface area contributed by atoms with Crippen molar-refractivity contribution >= 4 is 68.8 Å². The number of ether oxygens (including phenoxy) is 2. The van der Waals surface area contributed by atoms with Gasteiger partial charge in [0.05, 0.1) is 23.5 Å². The number of carbonyl (C=O) groups excluding carboxylic acids is 1. The van der Waals surface area contributed by atoms with E-state index in [4.69, 9.17) is 25.0 Å². The summed E-state index contributed by atoms with van der Waals surface area (Å²) in [7, 11) is -17.1. The van der Waals surface area contributed by atoms with Crippen molar-refractivity contribution in [2.24, 2.45) is 0 Å². The van der Waals surface area contributed by atoms with Gasteiger partial charge in [0.2, 0.25) is 5.52 Å². The second-order valence-electron chi connectivity index (χ2n) is 10.6. The normalized spacial score (nSPS) is 21.7. The number of carbonyl (C=O) groups is 1. The van der Waals surface area contributed by atoms with Crippen molar-refractivity contribution in [2.75, 3.05) is 24.2 Å². The number of aromatic nitrogens is 6. The molecule has 278 valence electrons. The summed E-state index contributed by atoms with van der Waals surface area (Å²) in [5, 5.41) is 32.6. The Hall–Kier alpha value is -4.03. The van der Waals surface area contributed by atoms with Gasteiger partial charge < -0.3 is 45.2 Å². The van der Waals surface area contributed by atoms with Crippen LogP contribution in [0, 0.1) is 10.1 Å². The number of esters is 1. The summed E-state index contributed by atoms with van der Waals surface area (Å²) in [6.45, 7) is -0.653. The molecule has 1 aromatic carbocycles. The molecule has 0 bridgehead atoms. The van der Waals surface area contributed by atoms with Crippen molar-refractivity contribution in [3.05, 3.63) is 34.9 Å². The van der Waals surface area contributed by atoms with E-state index in [0.717, 1.165) is 6.33 Å². The second kappa shape index (κ2) is 15.3. The molecule has 5 rings (SSSR count). The molecule has 3 aromatic heterocycles. The Labute approximate surface area is 283 Å². The van der Waals surface area contributed by atoms with Gasteiger partial charge in [-0.05, 0) is 29.2 Å². The monoisotopic (exact) mass is 783 g/mol. The summed E-state index contributed by atoms with van der Waals surface area (Å²) in [5.41, 5.74) is 6.42. The van der Waals surface area contributed by atoms with E-state index in [9.17, 15) is 43.5 Å². The van der Waals surface area contributed by atoms with Crippen LogP contribution in [0.5, 0.6) is 0 Å². The molecular weight excluding hydrogens is 755 g/mol. The standard InChI is InChI=1S/C22H28N9O17P3/c23-20-17-21(26-9-25-20)30(10-27-17)22-19(18(33)13(44-22)8-43-50(39,40)48-51(41,42)47-49(36,37)38)45-14(32)4-2-1-3-7-24-11-5-6-12(31(34)35)16-15(11)28-46-29-16/h5-6,9-10,13,18-19,22,24,33H,1-4,7-8H2,(H,39,40)(H,41,42)(H2,23,25,26)(H2,36,37,38)/t13-,18-,19-,22-/m1/s1. The Morgan fingerprint density at radius 3 is 2.49 bits per heavy atom. The molecule has 0 aliphatic carbocycles. The number of imidazole rings is 1. The van der Waals surface area contributed by atoms with E-state index < -0.39 is 65.5 Å². The number of nitro benzene ring substituents is 1. The number of unbranched alkanes of at least 4 members (excludes halogenated alkanes) is 2. The lowest BCUT2D eigenvalue weighted by molar-refractivity contribution is -0.383. The SMILES string of the molecule is Nc1ncnc2c1ncn2[C@@H]1O[C@H](COP(=O)(O)OP(=O)(O)OP(=O)(O)O)[C@@H](O)[C@H]1OC(=O)CCCCCNc1ccc([N+](=O)[O-])c2nonc12. The summed E-state index contributed by atoms with van der Waals surface area (Å²) in [6, 6.07) is 2.73. The molecule has 4 heterocycles. The molecule has 6 atom stereocenters. The number of hydrogen-bond acceptors (Lipinski definition) is 20. The van der Waals surface area contributed by atoms with Crippen LogP contribution in [-0.4, -0.2) is 96.9 Å². The molecule has 0 amide bonds. The van der Waals surface area contributed by atoms with E-state index in [1.165, 1.54) is 23.0 Å². The lowest BCUT2D eigenvalue weighted by Gasteiger charge is -2.22. The number of aliphatic hydroxyl groups is 1. The minimum Gasteiger partial charge on any atom is -0.455 e. The first-order valence-electron chi connectivity index (χ1n) is 14.3. The highest BCUT2D eigenvalue weighted by molar-refractivity contribution is 7.66. The molecule has 1 aliphatic heterocycles. The maximum atomic E-state index is 12.9. The number of phosphoric ester groups is 1. The van der Waals surface area contributed by atoms with Crippen molar-refractivity contribution in [3.8, 4) is 0 Å². The van der Waals surface area contributed by atoms with Crippen molar-refractivity contribution < 1.29 is 75.3 Å². The number of rotatable bonds is 17. The van der Waals surface area contributed by atoms with Gasteiger partial charge in [0.25, 0.3) is 0 Å². The van der Waals surface area contributed by atoms with Gasteiger partial charge in [-0.1, -0.05) is 6.42 Å². The van der Waals surface area contributed by atoms with E-state index in [2.05, 4.69) is 48.4 Å². The van der Waals surface area contributed by atoms with Crippen molar-refractivity contribution in [1.29, 1.82) is 0 Å². The fourth-order valence-electron chi connectivity index (χ4n) is 4.88. The lowest BCUT2D eigenvalue weighted by Crippen LogP contribution is -2.37. The first-order chi connectivity index (χ1) is 23.9. The number of nitrogens with two attached hydrogens (primary N) is 1. The van der Waals surface area contributed by atoms with Crippen LogP contribution in [-0.2, 0) is 41.1 Å². The minimum absolute atomic E-state index is 0.0137. The number of phosphoric acid groups is 3. The molecule has 4 aromatic rings. The largest absolute Gasteiger partial charge is 0.490 e. The third-order valence-corrected chi connectivity index (χ3v) is 10.8. The van der Waals surface area contributed by atoms with Crippen LogP contribution in [0.15, 0.2) is 29.4 Å². The Morgan fingerprint density at radius 1 is 1.02 bits per heavy atom. The van der Waals surface area contributed by atoms with Crippen LogP contribution < -0.4 is 11.1 Å². The number of hydrogen-bond donors (Lipinski definition) is 7. The second-order valence-corrected chi connectivity index (χ2v) is 15.0. The Bertz CT molecular complexity index is 2060. The van der Waals surface area contributed by atoms with Crippen LogP contribution >= 0.6 is 23.5 Å². The predicted molar refractivity (Wildman–Crippen MR) is 165 cm³/mol. The van der Waals surface area contributed by atoms with Crippen LogP contribution in [0.25, 0.3) is 22.2 Å². The average Bonchev–Trinajstić information content (AvgIpc) is 3.75. The fourth-order valence-corrected chi connectivity index (χ4v) is 7.91. The topological polar surface area (TPSA) is 379 Å². The highest BCUT2D eigenvalue weighted by Gasteiger charge is 2.49. The van der Waals surface area contributed by atoms with E-state index in [0.29, 0.717) is 31.5 Å².